The molecule has 0 aliphatic carbocycles. The summed E-state index contributed by atoms with van der Waals surface area (Å²) in [5, 5.41) is 8.80. The minimum Gasteiger partial charge on any atom is -0.465 e. The maximum absolute atomic E-state index is 12.0. The van der Waals surface area contributed by atoms with Crippen LogP contribution < -0.4 is 0 Å². The topological polar surface area (TPSA) is 83.9 Å². The third kappa shape index (κ3) is 3.24. The van der Waals surface area contributed by atoms with Crippen molar-refractivity contribution in [1.82, 2.24) is 4.90 Å². The molecule has 1 saturated heterocycles. The molecule has 0 bridgehead atoms. The zero-order chi connectivity index (χ0) is 14.0. The minimum absolute atomic E-state index is 0.0838. The highest BCUT2D eigenvalue weighted by molar-refractivity contribution is 7.86. The SMILES string of the molecule is Cc1ccc(S(=O)(=O)O[C@H]2CCN(C(=O)O)C2)cc1. The Hall–Kier alpha value is -1.60. The molecule has 1 N–H and O–H groups in total. The average Bonchev–Trinajstić information content (AvgIpc) is 2.77. The van der Waals surface area contributed by atoms with Crippen molar-refractivity contribution in [1.29, 1.82) is 0 Å². The van der Waals surface area contributed by atoms with Crippen LogP contribution in [-0.4, -0.2) is 43.7 Å². The summed E-state index contributed by atoms with van der Waals surface area (Å²) < 4.78 is 29.0. The average molecular weight is 285 g/mol. The summed E-state index contributed by atoms with van der Waals surface area (Å²) in [7, 11) is -3.83. The molecule has 1 fully saturated rings. The van der Waals surface area contributed by atoms with Gasteiger partial charge in [0.15, 0.2) is 0 Å². The van der Waals surface area contributed by atoms with Gasteiger partial charge >= 0.3 is 6.09 Å². The van der Waals surface area contributed by atoms with Crippen LogP contribution in [0.3, 0.4) is 0 Å². The number of carboxylic acid groups (broad SMARTS) is 1. The summed E-state index contributed by atoms with van der Waals surface area (Å²) >= 11 is 0. The van der Waals surface area contributed by atoms with Gasteiger partial charge in [-0.2, -0.15) is 8.42 Å². The molecule has 104 valence electrons. The smallest absolute Gasteiger partial charge is 0.407 e. The molecule has 19 heavy (non-hydrogen) atoms. The molecule has 0 aromatic heterocycles. The van der Waals surface area contributed by atoms with Crippen molar-refractivity contribution >= 4 is 16.2 Å². The molecule has 1 aliphatic heterocycles. The Kier molecular flexibility index (Phi) is 3.77. The van der Waals surface area contributed by atoms with Crippen LogP contribution in [-0.2, 0) is 14.3 Å². The number of rotatable bonds is 3. The second-order valence-corrected chi connectivity index (χ2v) is 6.07. The van der Waals surface area contributed by atoms with Gasteiger partial charge in [-0.1, -0.05) is 17.7 Å². The molecule has 2 rings (SSSR count). The third-order valence-electron chi connectivity index (χ3n) is 2.99. The molecule has 1 aromatic carbocycles. The summed E-state index contributed by atoms with van der Waals surface area (Å²) in [4.78, 5) is 12.0. The van der Waals surface area contributed by atoms with Crippen molar-refractivity contribution < 1.29 is 22.5 Å². The molecule has 6 nitrogen and oxygen atoms in total. The number of hydrogen-bond acceptors (Lipinski definition) is 4. The number of carbonyl (C=O) groups is 1. The lowest BCUT2D eigenvalue weighted by Crippen LogP contribution is -2.29. The number of amides is 1. The van der Waals surface area contributed by atoms with E-state index in [0.29, 0.717) is 13.0 Å². The first-order valence-corrected chi connectivity index (χ1v) is 7.27. The Labute approximate surface area is 111 Å². The lowest BCUT2D eigenvalue weighted by atomic mass is 10.2. The molecule has 0 spiro atoms. The third-order valence-corrected chi connectivity index (χ3v) is 4.36. The molecule has 1 amide bonds. The molecular weight excluding hydrogens is 270 g/mol. The van der Waals surface area contributed by atoms with Crippen molar-refractivity contribution in [2.75, 3.05) is 13.1 Å². The predicted molar refractivity (Wildman–Crippen MR) is 67.5 cm³/mol. The lowest BCUT2D eigenvalue weighted by Gasteiger charge is -2.13. The van der Waals surface area contributed by atoms with Crippen LogP contribution in [0.4, 0.5) is 4.79 Å². The van der Waals surface area contributed by atoms with Crippen LogP contribution in [0.5, 0.6) is 0 Å². The van der Waals surface area contributed by atoms with Crippen LogP contribution in [0.15, 0.2) is 29.2 Å². The van der Waals surface area contributed by atoms with E-state index < -0.39 is 22.3 Å². The molecule has 0 unspecified atom stereocenters. The van der Waals surface area contributed by atoms with E-state index in [2.05, 4.69) is 0 Å². The Balaban J connectivity index is 2.06. The van der Waals surface area contributed by atoms with Crippen LogP contribution in [0.1, 0.15) is 12.0 Å². The fourth-order valence-corrected chi connectivity index (χ4v) is 3.02. The second kappa shape index (κ2) is 5.18. The quantitative estimate of drug-likeness (QED) is 0.850. The highest BCUT2D eigenvalue weighted by atomic mass is 32.2. The second-order valence-electron chi connectivity index (χ2n) is 4.50. The van der Waals surface area contributed by atoms with E-state index in [-0.39, 0.29) is 11.4 Å². The summed E-state index contributed by atoms with van der Waals surface area (Å²) in [6.45, 7) is 2.24. The van der Waals surface area contributed by atoms with Crippen molar-refractivity contribution in [3.05, 3.63) is 29.8 Å². The van der Waals surface area contributed by atoms with Gasteiger partial charge in [0, 0.05) is 6.54 Å². The molecule has 1 aromatic rings. The summed E-state index contributed by atoms with van der Waals surface area (Å²) in [5.74, 6) is 0. The van der Waals surface area contributed by atoms with Crippen LogP contribution in [0.2, 0.25) is 0 Å². The Bertz CT molecular complexity index is 566. The largest absolute Gasteiger partial charge is 0.465 e. The van der Waals surface area contributed by atoms with E-state index in [9.17, 15) is 13.2 Å². The minimum atomic E-state index is -3.83. The standard InChI is InChI=1S/C12H15NO5S/c1-9-2-4-11(5-3-9)19(16,17)18-10-6-7-13(8-10)12(14)15/h2-5,10H,6-8H2,1H3,(H,14,15)/t10-/m0/s1. The molecule has 1 heterocycles. The van der Waals surface area contributed by atoms with Gasteiger partial charge < -0.3 is 10.0 Å². The molecule has 0 saturated carbocycles. The lowest BCUT2D eigenvalue weighted by molar-refractivity contribution is 0.146. The molecule has 7 heteroatoms. The van der Waals surface area contributed by atoms with E-state index in [0.717, 1.165) is 10.5 Å². The van der Waals surface area contributed by atoms with Gasteiger partial charge in [0.05, 0.1) is 17.5 Å². The van der Waals surface area contributed by atoms with Crippen molar-refractivity contribution in [3.8, 4) is 0 Å². The Morgan fingerprint density at radius 1 is 1.37 bits per heavy atom. The first kappa shape index (κ1) is 13.8. The normalized spacial score (nSPS) is 19.6. The predicted octanol–water partition coefficient (Wildman–Crippen LogP) is 1.45. The van der Waals surface area contributed by atoms with Crippen molar-refractivity contribution in [2.24, 2.45) is 0 Å². The Morgan fingerprint density at radius 2 is 2.00 bits per heavy atom. The zero-order valence-electron chi connectivity index (χ0n) is 10.4. The molecule has 1 aliphatic rings. The number of benzene rings is 1. The fraction of sp³-hybridized carbons (Fsp3) is 0.417. The van der Waals surface area contributed by atoms with E-state index in [1.54, 1.807) is 12.1 Å². The monoisotopic (exact) mass is 285 g/mol. The molecular formula is C12H15NO5S. The van der Waals surface area contributed by atoms with Gasteiger partial charge in [0.25, 0.3) is 10.1 Å². The van der Waals surface area contributed by atoms with Gasteiger partial charge in [-0.25, -0.2) is 4.79 Å². The highest BCUT2D eigenvalue weighted by Gasteiger charge is 2.30. The number of nitrogens with zero attached hydrogens (tertiary/aromatic N) is 1. The van der Waals surface area contributed by atoms with Gasteiger partial charge in [0.1, 0.15) is 0 Å². The van der Waals surface area contributed by atoms with Crippen molar-refractivity contribution in [2.45, 2.75) is 24.3 Å². The summed E-state index contributed by atoms with van der Waals surface area (Å²) in [5.41, 5.74) is 0.955. The van der Waals surface area contributed by atoms with Gasteiger partial charge in [-0.05, 0) is 25.5 Å². The Morgan fingerprint density at radius 3 is 2.53 bits per heavy atom. The van der Waals surface area contributed by atoms with E-state index in [1.807, 2.05) is 6.92 Å². The zero-order valence-corrected chi connectivity index (χ0v) is 11.3. The molecule has 1 atom stereocenters. The summed E-state index contributed by atoms with van der Waals surface area (Å²) in [6.07, 6.45) is -1.28. The van der Waals surface area contributed by atoms with E-state index in [1.165, 1.54) is 12.1 Å². The summed E-state index contributed by atoms with van der Waals surface area (Å²) in [6, 6.07) is 6.34. The number of likely N-dealkylation sites (tertiary alicyclic amines) is 1. The fourth-order valence-electron chi connectivity index (χ4n) is 1.92. The molecule has 0 radical (unpaired) electrons. The van der Waals surface area contributed by atoms with Gasteiger partial charge in [-0.3, -0.25) is 4.18 Å². The van der Waals surface area contributed by atoms with Gasteiger partial charge in [-0.15, -0.1) is 0 Å². The highest BCUT2D eigenvalue weighted by Crippen LogP contribution is 2.20. The van der Waals surface area contributed by atoms with E-state index >= 15 is 0 Å². The first-order valence-electron chi connectivity index (χ1n) is 5.86. The van der Waals surface area contributed by atoms with E-state index in [4.69, 9.17) is 9.29 Å². The number of aryl methyl sites for hydroxylation is 1. The van der Waals surface area contributed by atoms with Crippen LogP contribution in [0, 0.1) is 6.92 Å². The number of hydrogen-bond donors (Lipinski definition) is 1. The maximum Gasteiger partial charge on any atom is 0.407 e. The maximum atomic E-state index is 12.0. The van der Waals surface area contributed by atoms with Crippen LogP contribution >= 0.6 is 0 Å². The van der Waals surface area contributed by atoms with Crippen LogP contribution in [0.25, 0.3) is 0 Å². The first-order chi connectivity index (χ1) is 8.88. The van der Waals surface area contributed by atoms with Gasteiger partial charge in [0.2, 0.25) is 0 Å². The van der Waals surface area contributed by atoms with Crippen molar-refractivity contribution in [3.63, 3.8) is 0 Å².